The van der Waals surface area contributed by atoms with Crippen molar-refractivity contribution < 1.29 is 29.3 Å². The number of nitrogens with zero attached hydrogens (tertiary/aromatic N) is 1. The van der Waals surface area contributed by atoms with Crippen LogP contribution >= 0.6 is 0 Å². The Balaban J connectivity index is 2.20. The van der Waals surface area contributed by atoms with Gasteiger partial charge in [0.25, 0.3) is 0 Å². The van der Waals surface area contributed by atoms with Crippen LogP contribution in [-0.2, 0) is 14.3 Å². The monoisotopic (exact) mass is 337 g/mol. The molecule has 7 nitrogen and oxygen atoms in total. The largest absolute Gasteiger partial charge is 0.481 e. The number of carbonyl (C=O) groups is 3. The molecule has 2 unspecified atom stereocenters. The van der Waals surface area contributed by atoms with Crippen molar-refractivity contribution in [2.24, 2.45) is 17.3 Å². The van der Waals surface area contributed by atoms with E-state index >= 15 is 0 Å². The molecule has 2 atom stereocenters. The van der Waals surface area contributed by atoms with E-state index in [1.807, 2.05) is 0 Å². The number of likely N-dealkylation sites (tertiary alicyclic amines) is 1. The molecule has 1 amide bonds. The molecule has 0 aromatic rings. The first-order valence-corrected chi connectivity index (χ1v) is 8.12. The van der Waals surface area contributed by atoms with Gasteiger partial charge >= 0.3 is 18.0 Å². The Labute approximate surface area is 140 Å². The number of carboxylic acids is 2. The van der Waals surface area contributed by atoms with E-state index in [0.29, 0.717) is 32.5 Å². The fraction of sp³-hybridized carbons (Fsp3) is 0.588. The Hall–Kier alpha value is -2.31. The van der Waals surface area contributed by atoms with Crippen LogP contribution in [-0.4, -0.2) is 52.8 Å². The Morgan fingerprint density at radius 3 is 2.42 bits per heavy atom. The maximum atomic E-state index is 12.1. The van der Waals surface area contributed by atoms with Crippen LogP contribution in [0.4, 0.5) is 4.79 Å². The van der Waals surface area contributed by atoms with Gasteiger partial charge in [0, 0.05) is 24.6 Å². The van der Waals surface area contributed by atoms with Gasteiger partial charge in [0.2, 0.25) is 0 Å². The lowest BCUT2D eigenvalue weighted by Crippen LogP contribution is -2.50. The summed E-state index contributed by atoms with van der Waals surface area (Å²) in [6.45, 7) is 4.49. The fourth-order valence-corrected chi connectivity index (χ4v) is 3.79. The van der Waals surface area contributed by atoms with E-state index in [0.717, 1.165) is 0 Å². The molecule has 1 fully saturated rings. The zero-order valence-corrected chi connectivity index (χ0v) is 13.9. The summed E-state index contributed by atoms with van der Waals surface area (Å²) < 4.78 is 4.97. The number of aliphatic carboxylic acids is 2. The predicted octanol–water partition coefficient (Wildman–Crippen LogP) is 2.14. The fourth-order valence-electron chi connectivity index (χ4n) is 3.79. The summed E-state index contributed by atoms with van der Waals surface area (Å²) in [5.74, 6) is -3.00. The minimum absolute atomic E-state index is 0.104. The summed E-state index contributed by atoms with van der Waals surface area (Å²) in [4.78, 5) is 36.9. The third-order valence-electron chi connectivity index (χ3n) is 5.14. The molecule has 132 valence electrons. The molecule has 1 aliphatic heterocycles. The number of carbonyl (C=O) groups excluding carboxylic acids is 1. The van der Waals surface area contributed by atoms with Gasteiger partial charge in [0.1, 0.15) is 0 Å². The van der Waals surface area contributed by atoms with E-state index in [2.05, 4.69) is 0 Å². The van der Waals surface area contributed by atoms with Gasteiger partial charge < -0.3 is 19.8 Å². The van der Waals surface area contributed by atoms with Crippen LogP contribution in [0.5, 0.6) is 0 Å². The zero-order valence-electron chi connectivity index (χ0n) is 13.9. The second-order valence-corrected chi connectivity index (χ2v) is 6.21. The molecule has 0 aromatic carbocycles. The molecule has 2 aliphatic rings. The van der Waals surface area contributed by atoms with Crippen LogP contribution in [0.15, 0.2) is 23.8 Å². The van der Waals surface area contributed by atoms with Crippen molar-refractivity contribution in [2.45, 2.75) is 26.7 Å². The number of hydrogen-bond acceptors (Lipinski definition) is 4. The highest BCUT2D eigenvalue weighted by Gasteiger charge is 2.52. The van der Waals surface area contributed by atoms with E-state index in [4.69, 9.17) is 4.74 Å². The van der Waals surface area contributed by atoms with Crippen LogP contribution in [0, 0.1) is 17.3 Å². The average molecular weight is 337 g/mol. The third kappa shape index (κ3) is 3.02. The van der Waals surface area contributed by atoms with Gasteiger partial charge in [-0.05, 0) is 25.7 Å². The van der Waals surface area contributed by atoms with Crippen molar-refractivity contribution in [3.05, 3.63) is 23.8 Å². The molecule has 0 saturated carbocycles. The molecular formula is C17H23NO6. The zero-order chi connectivity index (χ0) is 17.9. The number of amides is 1. The maximum Gasteiger partial charge on any atom is 0.409 e. The Bertz CT molecular complexity index is 588. The molecule has 2 rings (SSSR count). The molecular weight excluding hydrogens is 314 g/mol. The van der Waals surface area contributed by atoms with E-state index in [1.54, 1.807) is 24.8 Å². The van der Waals surface area contributed by atoms with E-state index < -0.39 is 29.4 Å². The Kier molecular flexibility index (Phi) is 5.31. The minimum atomic E-state index is -1.26. The molecule has 7 heteroatoms. The summed E-state index contributed by atoms with van der Waals surface area (Å²) in [5, 5.41) is 19.2. The molecule has 0 radical (unpaired) electrons. The molecule has 1 aliphatic carbocycles. The second-order valence-electron chi connectivity index (χ2n) is 6.21. The number of hydrogen-bond donors (Lipinski definition) is 2. The number of allylic oxidation sites excluding steroid dienone is 2. The van der Waals surface area contributed by atoms with E-state index in [1.165, 1.54) is 12.2 Å². The van der Waals surface area contributed by atoms with E-state index in [-0.39, 0.29) is 11.5 Å². The molecule has 2 N–H and O–H groups in total. The second kappa shape index (κ2) is 7.07. The maximum absolute atomic E-state index is 12.1. The third-order valence-corrected chi connectivity index (χ3v) is 5.14. The van der Waals surface area contributed by atoms with Gasteiger partial charge in [-0.15, -0.1) is 0 Å². The summed E-state index contributed by atoms with van der Waals surface area (Å²) in [6, 6.07) is 0. The molecule has 1 saturated heterocycles. The topological polar surface area (TPSA) is 104 Å². The van der Waals surface area contributed by atoms with Gasteiger partial charge in [-0.3, -0.25) is 4.79 Å². The molecule has 1 heterocycles. The summed E-state index contributed by atoms with van der Waals surface area (Å²) in [7, 11) is 0. The van der Waals surface area contributed by atoms with Crippen molar-refractivity contribution in [3.8, 4) is 0 Å². The minimum Gasteiger partial charge on any atom is -0.481 e. The van der Waals surface area contributed by atoms with Crippen molar-refractivity contribution in [1.82, 2.24) is 4.90 Å². The molecule has 24 heavy (non-hydrogen) atoms. The summed E-state index contributed by atoms with van der Waals surface area (Å²) >= 11 is 0. The van der Waals surface area contributed by atoms with Crippen LogP contribution < -0.4 is 0 Å². The quantitative estimate of drug-likeness (QED) is 0.814. The molecule has 0 aromatic heterocycles. The molecule has 0 spiro atoms. The highest BCUT2D eigenvalue weighted by Crippen LogP contribution is 2.48. The first-order valence-electron chi connectivity index (χ1n) is 8.12. The van der Waals surface area contributed by atoms with Crippen LogP contribution in [0.1, 0.15) is 26.7 Å². The van der Waals surface area contributed by atoms with Crippen molar-refractivity contribution in [3.63, 3.8) is 0 Å². The van der Waals surface area contributed by atoms with Crippen molar-refractivity contribution >= 4 is 18.0 Å². The van der Waals surface area contributed by atoms with Crippen LogP contribution in [0.25, 0.3) is 0 Å². The van der Waals surface area contributed by atoms with Gasteiger partial charge in [0.15, 0.2) is 0 Å². The predicted molar refractivity (Wildman–Crippen MR) is 85.4 cm³/mol. The van der Waals surface area contributed by atoms with Gasteiger partial charge in [-0.1, -0.05) is 25.2 Å². The van der Waals surface area contributed by atoms with Crippen LogP contribution in [0.3, 0.4) is 0 Å². The Morgan fingerprint density at radius 2 is 1.92 bits per heavy atom. The van der Waals surface area contributed by atoms with Crippen LogP contribution in [0.2, 0.25) is 0 Å². The Morgan fingerprint density at radius 1 is 1.29 bits per heavy atom. The first-order chi connectivity index (χ1) is 11.3. The van der Waals surface area contributed by atoms with E-state index in [9.17, 15) is 24.6 Å². The van der Waals surface area contributed by atoms with Gasteiger partial charge in [-0.25, -0.2) is 9.59 Å². The number of ether oxygens (including phenoxy) is 1. The highest BCUT2D eigenvalue weighted by molar-refractivity contribution is 5.91. The highest BCUT2D eigenvalue weighted by atomic mass is 16.6. The first kappa shape index (κ1) is 18.0. The summed E-state index contributed by atoms with van der Waals surface area (Å²) in [5.41, 5.74) is -1.16. The summed E-state index contributed by atoms with van der Waals surface area (Å²) in [6.07, 6.45) is 5.19. The molecule has 0 bridgehead atoms. The average Bonchev–Trinajstić information content (AvgIpc) is 2.55. The normalized spacial score (nSPS) is 27.5. The van der Waals surface area contributed by atoms with Crippen molar-refractivity contribution in [1.29, 1.82) is 0 Å². The number of rotatable bonds is 4. The smallest absolute Gasteiger partial charge is 0.409 e. The SMILES string of the molecule is CCOC(=O)N1CCC(C2(C(=O)O)C=CC=C(C(=O)O)C2C)CC1. The lowest BCUT2D eigenvalue weighted by atomic mass is 9.60. The standard InChI is InChI=1S/C17H23NO6/c1-3-24-16(23)18-9-6-12(7-10-18)17(15(21)22)8-4-5-13(11(17)2)14(19)20/h4-5,8,11-12H,3,6-7,9-10H2,1-2H3,(H,19,20)(H,21,22). The van der Waals surface area contributed by atoms with Gasteiger partial charge in [-0.2, -0.15) is 0 Å². The van der Waals surface area contributed by atoms with Crippen molar-refractivity contribution in [2.75, 3.05) is 19.7 Å². The number of carboxylic acid groups (broad SMARTS) is 2. The van der Waals surface area contributed by atoms with Gasteiger partial charge in [0.05, 0.1) is 12.0 Å². The number of piperidine rings is 1. The lowest BCUT2D eigenvalue weighted by molar-refractivity contribution is -0.153. The lowest BCUT2D eigenvalue weighted by Gasteiger charge is -2.44.